The summed E-state index contributed by atoms with van der Waals surface area (Å²) in [5.41, 5.74) is 0. The van der Waals surface area contributed by atoms with Crippen LogP contribution in [0.25, 0.3) is 0 Å². The summed E-state index contributed by atoms with van der Waals surface area (Å²) in [6.45, 7) is 0. The van der Waals surface area contributed by atoms with Crippen LogP contribution in [0.1, 0.15) is 0 Å². The van der Waals surface area contributed by atoms with Crippen LogP contribution in [0.4, 0.5) is 0 Å². The molecule has 0 rings (SSSR count). The van der Waals surface area contributed by atoms with Crippen LogP contribution < -0.4 is 0 Å². The Hall–Kier alpha value is 1.55. The SMILES string of the molecule is [B].[Ni].[Ni].[Ni]. The average molecular weight is 187 g/mol. The zero-order valence-corrected chi connectivity index (χ0v) is 4.49. The Labute approximate surface area is 57.8 Å². The van der Waals surface area contributed by atoms with Gasteiger partial charge in [-0.25, -0.2) is 0 Å². The van der Waals surface area contributed by atoms with Crippen molar-refractivity contribution in [3.05, 3.63) is 0 Å². The molecule has 4 heavy (non-hydrogen) atoms. The maximum absolute atomic E-state index is 0. The van der Waals surface area contributed by atoms with E-state index >= 15 is 0 Å². The van der Waals surface area contributed by atoms with Gasteiger partial charge in [-0.1, -0.05) is 0 Å². The molecule has 0 aliphatic heterocycles. The molecule has 0 bridgehead atoms. The third-order valence-corrected chi connectivity index (χ3v) is 0. The standard InChI is InChI=1S/B.3Ni. The van der Waals surface area contributed by atoms with Crippen LogP contribution >= 0.6 is 0 Å². The maximum atomic E-state index is 0. The minimum Gasteiger partial charge on any atom is 0 e. The van der Waals surface area contributed by atoms with Gasteiger partial charge in [0.25, 0.3) is 0 Å². The van der Waals surface area contributed by atoms with Crippen LogP contribution in [0.2, 0.25) is 0 Å². The van der Waals surface area contributed by atoms with E-state index in [1.165, 1.54) is 0 Å². The fraction of sp³-hybridized carbons (Fsp3) is 0. The van der Waals surface area contributed by atoms with Crippen LogP contribution in [0.3, 0.4) is 0 Å². The minimum atomic E-state index is 0. The van der Waals surface area contributed by atoms with E-state index in [4.69, 9.17) is 0 Å². The van der Waals surface area contributed by atoms with Crippen LogP contribution in [0.15, 0.2) is 0 Å². The molecule has 0 atom stereocenters. The summed E-state index contributed by atoms with van der Waals surface area (Å²) in [7, 11) is 0. The summed E-state index contributed by atoms with van der Waals surface area (Å²) in [4.78, 5) is 0. The second kappa shape index (κ2) is 23.9. The molecule has 0 N–H and O–H groups in total. The largest absolute Gasteiger partial charge is 0 e. The van der Waals surface area contributed by atoms with Crippen molar-refractivity contribution in [3.63, 3.8) is 0 Å². The van der Waals surface area contributed by atoms with E-state index in [0.29, 0.717) is 0 Å². The van der Waals surface area contributed by atoms with Crippen LogP contribution in [0.5, 0.6) is 0 Å². The van der Waals surface area contributed by atoms with Crippen molar-refractivity contribution in [1.29, 1.82) is 0 Å². The van der Waals surface area contributed by atoms with Gasteiger partial charge in [0, 0.05) is 57.9 Å². The molecule has 0 aliphatic carbocycles. The fourth-order valence-corrected chi connectivity index (χ4v) is 0. The summed E-state index contributed by atoms with van der Waals surface area (Å²) in [6.07, 6.45) is 0. The van der Waals surface area contributed by atoms with Crippen molar-refractivity contribution in [1.82, 2.24) is 0 Å². The van der Waals surface area contributed by atoms with Gasteiger partial charge in [0.1, 0.15) is 0 Å². The van der Waals surface area contributed by atoms with Crippen molar-refractivity contribution < 1.29 is 49.5 Å². The second-order valence-electron chi connectivity index (χ2n) is 0. The maximum Gasteiger partial charge on any atom is 0 e. The van der Waals surface area contributed by atoms with Gasteiger partial charge in [-0.2, -0.15) is 0 Å². The third kappa shape index (κ3) is 9.62. The molecule has 0 aromatic rings. The van der Waals surface area contributed by atoms with Crippen molar-refractivity contribution in [3.8, 4) is 0 Å². The Morgan fingerprint density at radius 2 is 0.500 bits per heavy atom. The summed E-state index contributed by atoms with van der Waals surface area (Å²) in [5.74, 6) is 0. The topological polar surface area (TPSA) is 0 Å². The Balaban J connectivity index is 0. The molecule has 0 aromatic heterocycles. The molecule has 3 radical (unpaired) electrons. The monoisotopic (exact) mass is 185 g/mol. The first-order chi connectivity index (χ1) is 0. The quantitative estimate of drug-likeness (QED) is 0.453. The first-order valence-corrected chi connectivity index (χ1v) is 0. The molecule has 0 aromatic carbocycles. The number of hydrogen-bond donors (Lipinski definition) is 0. The first-order valence-electron chi connectivity index (χ1n) is 0. The van der Waals surface area contributed by atoms with E-state index in [9.17, 15) is 0 Å². The predicted octanol–water partition coefficient (Wildman–Crippen LogP) is -0.388. The van der Waals surface area contributed by atoms with Gasteiger partial charge >= 0.3 is 0 Å². The first kappa shape index (κ1) is 48.0. The molecule has 0 nitrogen and oxygen atoms in total. The molecule has 33 valence electrons. The van der Waals surface area contributed by atoms with Crippen molar-refractivity contribution in [2.45, 2.75) is 0 Å². The molecule has 0 saturated heterocycles. The molecule has 0 aliphatic rings. The summed E-state index contributed by atoms with van der Waals surface area (Å²) in [6, 6.07) is 0. The predicted molar refractivity (Wildman–Crippen MR) is 5.75 cm³/mol. The van der Waals surface area contributed by atoms with Crippen molar-refractivity contribution in [2.24, 2.45) is 0 Å². The fourth-order valence-electron chi connectivity index (χ4n) is 0. The molecule has 0 unspecified atom stereocenters. The van der Waals surface area contributed by atoms with Crippen molar-refractivity contribution >= 4 is 8.41 Å². The Bertz CT molecular complexity index is 3.25. The summed E-state index contributed by atoms with van der Waals surface area (Å²) < 4.78 is 0. The molecular formula is BNi3. The third-order valence-electron chi connectivity index (χ3n) is 0. The number of rotatable bonds is 0. The van der Waals surface area contributed by atoms with Gasteiger partial charge in [0.2, 0.25) is 0 Å². The van der Waals surface area contributed by atoms with Gasteiger partial charge in [-0.3, -0.25) is 0 Å². The zero-order valence-electron chi connectivity index (χ0n) is 1.53. The molecule has 0 saturated carbocycles. The van der Waals surface area contributed by atoms with Gasteiger partial charge in [-0.05, 0) is 0 Å². The van der Waals surface area contributed by atoms with Gasteiger partial charge < -0.3 is 0 Å². The van der Waals surface area contributed by atoms with Crippen molar-refractivity contribution in [2.75, 3.05) is 0 Å². The second-order valence-corrected chi connectivity index (χ2v) is 0. The Morgan fingerprint density at radius 1 is 0.500 bits per heavy atom. The Kier molecular flexibility index (Phi) is 287. The molecule has 0 spiro atoms. The molecule has 0 heterocycles. The van der Waals surface area contributed by atoms with E-state index in [2.05, 4.69) is 0 Å². The normalized spacial score (nSPS) is 0. The van der Waals surface area contributed by atoms with E-state index in [-0.39, 0.29) is 57.9 Å². The average Bonchev–Trinajstić information content (AvgIpc) is 0. The van der Waals surface area contributed by atoms with E-state index in [1.54, 1.807) is 0 Å². The minimum absolute atomic E-state index is 0. The van der Waals surface area contributed by atoms with Crippen LogP contribution in [0, 0.1) is 0 Å². The van der Waals surface area contributed by atoms with E-state index in [1.807, 2.05) is 0 Å². The number of hydrogen-bond acceptors (Lipinski definition) is 0. The smallest absolute Gasteiger partial charge is 0 e. The van der Waals surface area contributed by atoms with Gasteiger partial charge in [-0.15, -0.1) is 0 Å². The molecular weight excluding hydrogens is 187 g/mol. The van der Waals surface area contributed by atoms with Gasteiger partial charge in [0.15, 0.2) is 0 Å². The molecule has 0 amide bonds. The summed E-state index contributed by atoms with van der Waals surface area (Å²) in [5, 5.41) is 0. The van der Waals surface area contributed by atoms with Crippen LogP contribution in [-0.4, -0.2) is 8.41 Å². The summed E-state index contributed by atoms with van der Waals surface area (Å²) >= 11 is 0. The van der Waals surface area contributed by atoms with Gasteiger partial charge in [0.05, 0.1) is 0 Å². The molecule has 4 heteroatoms. The molecule has 0 fully saturated rings. The Morgan fingerprint density at radius 3 is 0.500 bits per heavy atom. The van der Waals surface area contributed by atoms with Crippen LogP contribution in [-0.2, 0) is 49.5 Å². The van der Waals surface area contributed by atoms with E-state index in [0.717, 1.165) is 0 Å². The van der Waals surface area contributed by atoms with E-state index < -0.39 is 0 Å². The zero-order chi connectivity index (χ0) is 0.